The predicted molar refractivity (Wildman–Crippen MR) is 107 cm³/mol. The number of carbonyl (C=O) groups is 2. The first-order valence-electron chi connectivity index (χ1n) is 9.47. The highest BCUT2D eigenvalue weighted by Crippen LogP contribution is 2.25. The van der Waals surface area contributed by atoms with Crippen LogP contribution in [-0.2, 0) is 0 Å². The first-order chi connectivity index (χ1) is 13.6. The van der Waals surface area contributed by atoms with Gasteiger partial charge in [0.1, 0.15) is 11.5 Å². The molecule has 0 radical (unpaired) electrons. The molecular formula is C22H26N2O4. The lowest BCUT2D eigenvalue weighted by Crippen LogP contribution is -2.41. The Kier molecular flexibility index (Phi) is 6.53. The number of piperidine rings is 1. The lowest BCUT2D eigenvalue weighted by Gasteiger charge is -2.32. The van der Waals surface area contributed by atoms with E-state index in [0.717, 1.165) is 18.4 Å². The van der Waals surface area contributed by atoms with Crippen molar-refractivity contribution >= 4 is 11.8 Å². The van der Waals surface area contributed by atoms with Crippen LogP contribution in [0.5, 0.6) is 11.5 Å². The fourth-order valence-electron chi connectivity index (χ4n) is 3.42. The van der Waals surface area contributed by atoms with Crippen LogP contribution in [0.2, 0.25) is 0 Å². The molecule has 3 rings (SSSR count). The van der Waals surface area contributed by atoms with Crippen molar-refractivity contribution in [2.24, 2.45) is 5.92 Å². The SMILES string of the molecule is COc1ccc(C(=O)NCC2CCN(C(=O)c3ccccc3)CC2)c(OC)c1. The Hall–Kier alpha value is -3.02. The smallest absolute Gasteiger partial charge is 0.255 e. The van der Waals surface area contributed by atoms with Gasteiger partial charge in [-0.1, -0.05) is 18.2 Å². The molecular weight excluding hydrogens is 356 g/mol. The number of likely N-dealkylation sites (tertiary alicyclic amines) is 1. The van der Waals surface area contributed by atoms with E-state index in [2.05, 4.69) is 5.32 Å². The number of methoxy groups -OCH3 is 2. The van der Waals surface area contributed by atoms with Gasteiger partial charge in [-0.25, -0.2) is 0 Å². The maximum Gasteiger partial charge on any atom is 0.255 e. The summed E-state index contributed by atoms with van der Waals surface area (Å²) in [5, 5.41) is 2.99. The van der Waals surface area contributed by atoms with Gasteiger partial charge in [0.25, 0.3) is 11.8 Å². The van der Waals surface area contributed by atoms with Crippen molar-refractivity contribution in [2.45, 2.75) is 12.8 Å². The normalized spacial score (nSPS) is 14.4. The highest BCUT2D eigenvalue weighted by molar-refractivity contribution is 5.97. The van der Waals surface area contributed by atoms with Crippen LogP contribution in [0.1, 0.15) is 33.6 Å². The van der Waals surface area contributed by atoms with Crippen LogP contribution < -0.4 is 14.8 Å². The maximum absolute atomic E-state index is 12.5. The molecule has 0 aliphatic carbocycles. The minimum absolute atomic E-state index is 0.0751. The number of ether oxygens (including phenoxy) is 2. The Bertz CT molecular complexity index is 815. The topological polar surface area (TPSA) is 67.9 Å². The Morgan fingerprint density at radius 2 is 1.75 bits per heavy atom. The van der Waals surface area contributed by atoms with Crippen LogP contribution in [0.15, 0.2) is 48.5 Å². The average molecular weight is 382 g/mol. The molecule has 2 amide bonds. The summed E-state index contributed by atoms with van der Waals surface area (Å²) >= 11 is 0. The molecule has 0 atom stereocenters. The molecule has 1 aliphatic heterocycles. The molecule has 2 aromatic carbocycles. The van der Waals surface area contributed by atoms with Gasteiger partial charge in [0.15, 0.2) is 0 Å². The summed E-state index contributed by atoms with van der Waals surface area (Å²) < 4.78 is 10.5. The molecule has 6 nitrogen and oxygen atoms in total. The minimum atomic E-state index is -0.165. The van der Waals surface area contributed by atoms with E-state index in [4.69, 9.17) is 9.47 Å². The highest BCUT2D eigenvalue weighted by atomic mass is 16.5. The van der Waals surface area contributed by atoms with Crippen molar-refractivity contribution < 1.29 is 19.1 Å². The Morgan fingerprint density at radius 3 is 2.39 bits per heavy atom. The summed E-state index contributed by atoms with van der Waals surface area (Å²) in [6.07, 6.45) is 1.75. The van der Waals surface area contributed by atoms with Crippen LogP contribution in [0.25, 0.3) is 0 Å². The Balaban J connectivity index is 1.50. The van der Waals surface area contributed by atoms with Crippen molar-refractivity contribution in [3.63, 3.8) is 0 Å². The van der Waals surface area contributed by atoms with Crippen molar-refractivity contribution in [1.29, 1.82) is 0 Å². The third-order valence-electron chi connectivity index (χ3n) is 5.13. The predicted octanol–water partition coefficient (Wildman–Crippen LogP) is 2.99. The molecule has 0 spiro atoms. The van der Waals surface area contributed by atoms with E-state index in [0.29, 0.717) is 42.6 Å². The van der Waals surface area contributed by atoms with Crippen LogP contribution in [-0.4, -0.2) is 50.6 Å². The van der Waals surface area contributed by atoms with Gasteiger partial charge in [0, 0.05) is 31.3 Å². The molecule has 0 aromatic heterocycles. The summed E-state index contributed by atoms with van der Waals surface area (Å²) in [6, 6.07) is 14.5. The molecule has 1 aliphatic rings. The van der Waals surface area contributed by atoms with E-state index in [1.807, 2.05) is 35.2 Å². The van der Waals surface area contributed by atoms with E-state index in [1.54, 1.807) is 25.3 Å². The van der Waals surface area contributed by atoms with E-state index >= 15 is 0 Å². The number of nitrogens with one attached hydrogen (secondary N) is 1. The lowest BCUT2D eigenvalue weighted by molar-refractivity contribution is 0.0684. The summed E-state index contributed by atoms with van der Waals surface area (Å²) in [7, 11) is 3.11. The highest BCUT2D eigenvalue weighted by Gasteiger charge is 2.24. The molecule has 1 saturated heterocycles. The summed E-state index contributed by atoms with van der Waals surface area (Å²) in [5.41, 5.74) is 1.21. The van der Waals surface area contributed by atoms with Gasteiger partial charge in [-0.3, -0.25) is 9.59 Å². The molecule has 148 valence electrons. The third kappa shape index (κ3) is 4.63. The second kappa shape index (κ2) is 9.26. The monoisotopic (exact) mass is 382 g/mol. The molecule has 0 bridgehead atoms. The van der Waals surface area contributed by atoms with Gasteiger partial charge < -0.3 is 19.7 Å². The molecule has 1 heterocycles. The maximum atomic E-state index is 12.5. The number of benzene rings is 2. The van der Waals surface area contributed by atoms with Crippen LogP contribution in [0.4, 0.5) is 0 Å². The van der Waals surface area contributed by atoms with Gasteiger partial charge in [0.2, 0.25) is 0 Å². The number of hydrogen-bond donors (Lipinski definition) is 1. The minimum Gasteiger partial charge on any atom is -0.497 e. The van der Waals surface area contributed by atoms with Crippen LogP contribution >= 0.6 is 0 Å². The standard InChI is InChI=1S/C22H26N2O4/c1-27-18-8-9-19(20(14-18)28-2)21(25)23-15-16-10-12-24(13-11-16)22(26)17-6-4-3-5-7-17/h3-9,14,16H,10-13,15H2,1-2H3,(H,23,25). The molecule has 0 unspecified atom stereocenters. The second-order valence-electron chi connectivity index (χ2n) is 6.88. The largest absolute Gasteiger partial charge is 0.497 e. The average Bonchev–Trinajstić information content (AvgIpc) is 2.77. The lowest BCUT2D eigenvalue weighted by atomic mass is 9.96. The van der Waals surface area contributed by atoms with E-state index in [1.165, 1.54) is 7.11 Å². The summed E-state index contributed by atoms with van der Waals surface area (Å²) in [5.74, 6) is 1.39. The fraction of sp³-hybridized carbons (Fsp3) is 0.364. The van der Waals surface area contributed by atoms with Crippen LogP contribution in [0.3, 0.4) is 0 Å². The number of amides is 2. The van der Waals surface area contributed by atoms with Gasteiger partial charge in [-0.05, 0) is 43.0 Å². The number of nitrogens with zero attached hydrogens (tertiary/aromatic N) is 1. The molecule has 0 saturated carbocycles. The summed E-state index contributed by atoms with van der Waals surface area (Å²) in [4.78, 5) is 26.9. The molecule has 2 aromatic rings. The van der Waals surface area contributed by atoms with Gasteiger partial charge >= 0.3 is 0 Å². The zero-order valence-electron chi connectivity index (χ0n) is 16.3. The molecule has 1 N–H and O–H groups in total. The van der Waals surface area contributed by atoms with Crippen molar-refractivity contribution in [1.82, 2.24) is 10.2 Å². The van der Waals surface area contributed by atoms with Gasteiger partial charge in [0.05, 0.1) is 19.8 Å². The van der Waals surface area contributed by atoms with E-state index < -0.39 is 0 Å². The first kappa shape index (κ1) is 19.7. The van der Waals surface area contributed by atoms with E-state index in [-0.39, 0.29) is 11.8 Å². The number of carbonyl (C=O) groups excluding carboxylic acids is 2. The van der Waals surface area contributed by atoms with Crippen LogP contribution in [0, 0.1) is 5.92 Å². The van der Waals surface area contributed by atoms with Crippen molar-refractivity contribution in [3.8, 4) is 11.5 Å². The van der Waals surface area contributed by atoms with Gasteiger partial charge in [-0.2, -0.15) is 0 Å². The summed E-state index contributed by atoms with van der Waals surface area (Å²) in [6.45, 7) is 2.00. The third-order valence-corrected chi connectivity index (χ3v) is 5.13. The first-order valence-corrected chi connectivity index (χ1v) is 9.47. The fourth-order valence-corrected chi connectivity index (χ4v) is 3.42. The van der Waals surface area contributed by atoms with Crippen molar-refractivity contribution in [2.75, 3.05) is 33.9 Å². The molecule has 28 heavy (non-hydrogen) atoms. The van der Waals surface area contributed by atoms with Gasteiger partial charge in [-0.15, -0.1) is 0 Å². The quantitative estimate of drug-likeness (QED) is 0.834. The number of hydrogen-bond acceptors (Lipinski definition) is 4. The second-order valence-corrected chi connectivity index (χ2v) is 6.88. The van der Waals surface area contributed by atoms with Crippen molar-refractivity contribution in [3.05, 3.63) is 59.7 Å². The van der Waals surface area contributed by atoms with E-state index in [9.17, 15) is 9.59 Å². The zero-order valence-corrected chi connectivity index (χ0v) is 16.3. The zero-order chi connectivity index (χ0) is 19.9. The number of rotatable bonds is 6. The molecule has 1 fully saturated rings. The Labute approximate surface area is 165 Å². The Morgan fingerprint density at radius 1 is 1.04 bits per heavy atom. The molecule has 6 heteroatoms.